The summed E-state index contributed by atoms with van der Waals surface area (Å²) in [6, 6.07) is 17.2. The molecule has 3 rings (SSSR count). The third kappa shape index (κ3) is 2.49. The highest BCUT2D eigenvalue weighted by Crippen LogP contribution is 2.28. The summed E-state index contributed by atoms with van der Waals surface area (Å²) in [5, 5.41) is 10.5. The fraction of sp³-hybridized carbons (Fsp3) is 0.118. The largest absolute Gasteiger partial charge is 0.455 e. The second-order valence-corrected chi connectivity index (χ2v) is 4.68. The highest BCUT2D eigenvalue weighted by atomic mass is 16.5. The number of pyridine rings is 1. The summed E-state index contributed by atoms with van der Waals surface area (Å²) in [5.41, 5.74) is 1.71. The molecule has 0 saturated heterocycles. The number of para-hydroxylation sites is 1. The standard InChI is InChI=1S/C17H15NO2/c1-12(19)13-7-9-15(10-8-13)20-16-6-2-4-14-5-3-11-18-17(14)16/h2-12,19H,1H3. The van der Waals surface area contributed by atoms with E-state index in [0.717, 1.165) is 28.0 Å². The molecule has 0 aliphatic rings. The molecule has 1 N–H and O–H groups in total. The molecule has 1 heterocycles. The lowest BCUT2D eigenvalue weighted by molar-refractivity contribution is 0.199. The van der Waals surface area contributed by atoms with Crippen LogP contribution in [0.25, 0.3) is 10.9 Å². The van der Waals surface area contributed by atoms with E-state index in [-0.39, 0.29) is 0 Å². The monoisotopic (exact) mass is 265 g/mol. The molecule has 0 aliphatic heterocycles. The van der Waals surface area contributed by atoms with Gasteiger partial charge in [0.05, 0.1) is 6.10 Å². The fourth-order valence-electron chi connectivity index (χ4n) is 2.10. The van der Waals surface area contributed by atoms with Gasteiger partial charge in [-0.15, -0.1) is 0 Å². The number of fused-ring (bicyclic) bond motifs is 1. The van der Waals surface area contributed by atoms with Crippen LogP contribution >= 0.6 is 0 Å². The van der Waals surface area contributed by atoms with Gasteiger partial charge in [0.15, 0.2) is 5.75 Å². The summed E-state index contributed by atoms with van der Waals surface area (Å²) in [6.07, 6.45) is 1.29. The molecule has 3 heteroatoms. The summed E-state index contributed by atoms with van der Waals surface area (Å²) in [4.78, 5) is 4.36. The van der Waals surface area contributed by atoms with Crippen LogP contribution in [0.5, 0.6) is 11.5 Å². The van der Waals surface area contributed by atoms with E-state index in [1.54, 1.807) is 13.1 Å². The van der Waals surface area contributed by atoms with Crippen molar-refractivity contribution >= 4 is 10.9 Å². The number of aliphatic hydroxyl groups excluding tert-OH is 1. The van der Waals surface area contributed by atoms with Crippen LogP contribution in [0, 0.1) is 0 Å². The lowest BCUT2D eigenvalue weighted by atomic mass is 10.1. The number of benzene rings is 2. The average Bonchev–Trinajstić information content (AvgIpc) is 2.48. The number of ether oxygens (including phenoxy) is 1. The second kappa shape index (κ2) is 5.31. The summed E-state index contributed by atoms with van der Waals surface area (Å²) in [5.74, 6) is 1.46. The molecular weight excluding hydrogens is 250 g/mol. The molecular formula is C17H15NO2. The molecule has 0 aliphatic carbocycles. The predicted octanol–water partition coefficient (Wildman–Crippen LogP) is 4.08. The Morgan fingerprint density at radius 1 is 1.00 bits per heavy atom. The van der Waals surface area contributed by atoms with Gasteiger partial charge in [-0.1, -0.05) is 30.3 Å². The van der Waals surface area contributed by atoms with Gasteiger partial charge in [-0.3, -0.25) is 4.98 Å². The maximum absolute atomic E-state index is 9.49. The minimum atomic E-state index is -0.469. The summed E-state index contributed by atoms with van der Waals surface area (Å²) in [7, 11) is 0. The first-order valence-electron chi connectivity index (χ1n) is 6.54. The lowest BCUT2D eigenvalue weighted by Gasteiger charge is -2.09. The zero-order valence-electron chi connectivity index (χ0n) is 11.2. The van der Waals surface area contributed by atoms with Gasteiger partial charge < -0.3 is 9.84 Å². The van der Waals surface area contributed by atoms with Gasteiger partial charge >= 0.3 is 0 Å². The van der Waals surface area contributed by atoms with Crippen molar-refractivity contribution in [3.63, 3.8) is 0 Å². The van der Waals surface area contributed by atoms with Crippen molar-refractivity contribution in [2.24, 2.45) is 0 Å². The van der Waals surface area contributed by atoms with E-state index in [1.165, 1.54) is 0 Å². The molecule has 100 valence electrons. The number of rotatable bonds is 3. The first-order chi connectivity index (χ1) is 9.74. The predicted molar refractivity (Wildman–Crippen MR) is 78.9 cm³/mol. The number of aliphatic hydroxyl groups is 1. The van der Waals surface area contributed by atoms with Crippen LogP contribution < -0.4 is 4.74 Å². The van der Waals surface area contributed by atoms with Crippen molar-refractivity contribution in [3.8, 4) is 11.5 Å². The van der Waals surface area contributed by atoms with Gasteiger partial charge in [0.2, 0.25) is 0 Å². The first kappa shape index (κ1) is 12.6. The van der Waals surface area contributed by atoms with Gasteiger partial charge in [0.25, 0.3) is 0 Å². The molecule has 3 nitrogen and oxygen atoms in total. The highest BCUT2D eigenvalue weighted by Gasteiger charge is 2.05. The van der Waals surface area contributed by atoms with Crippen molar-refractivity contribution in [3.05, 3.63) is 66.4 Å². The second-order valence-electron chi connectivity index (χ2n) is 4.68. The molecule has 1 atom stereocenters. The van der Waals surface area contributed by atoms with Crippen LogP contribution in [0.15, 0.2) is 60.8 Å². The van der Waals surface area contributed by atoms with Crippen molar-refractivity contribution in [1.82, 2.24) is 4.98 Å². The van der Waals surface area contributed by atoms with Crippen LogP contribution in [0.1, 0.15) is 18.6 Å². The van der Waals surface area contributed by atoms with E-state index in [0.29, 0.717) is 0 Å². The molecule has 1 unspecified atom stereocenters. The van der Waals surface area contributed by atoms with Crippen LogP contribution in [0.2, 0.25) is 0 Å². The highest BCUT2D eigenvalue weighted by molar-refractivity contribution is 5.84. The number of hydrogen-bond donors (Lipinski definition) is 1. The van der Waals surface area contributed by atoms with E-state index in [2.05, 4.69) is 4.98 Å². The lowest BCUT2D eigenvalue weighted by Crippen LogP contribution is -1.91. The molecule has 20 heavy (non-hydrogen) atoms. The van der Waals surface area contributed by atoms with Crippen molar-refractivity contribution < 1.29 is 9.84 Å². The third-order valence-corrected chi connectivity index (χ3v) is 3.19. The smallest absolute Gasteiger partial charge is 0.153 e. The summed E-state index contributed by atoms with van der Waals surface area (Å²) in [6.45, 7) is 1.74. The van der Waals surface area contributed by atoms with E-state index in [1.807, 2.05) is 54.6 Å². The van der Waals surface area contributed by atoms with Crippen LogP contribution in [0.4, 0.5) is 0 Å². The van der Waals surface area contributed by atoms with Crippen LogP contribution in [-0.4, -0.2) is 10.1 Å². The molecule has 0 radical (unpaired) electrons. The maximum atomic E-state index is 9.49. The molecule has 0 fully saturated rings. The Hall–Kier alpha value is -2.39. The van der Waals surface area contributed by atoms with Gasteiger partial charge in [0.1, 0.15) is 11.3 Å². The van der Waals surface area contributed by atoms with Gasteiger partial charge in [-0.25, -0.2) is 0 Å². The quantitative estimate of drug-likeness (QED) is 0.775. The Kier molecular flexibility index (Phi) is 3.35. The fourth-order valence-corrected chi connectivity index (χ4v) is 2.10. The molecule has 0 bridgehead atoms. The van der Waals surface area contributed by atoms with Crippen LogP contribution in [-0.2, 0) is 0 Å². The zero-order chi connectivity index (χ0) is 13.9. The molecule has 0 spiro atoms. The molecule has 0 saturated carbocycles. The molecule has 1 aromatic heterocycles. The van der Waals surface area contributed by atoms with E-state index < -0.39 is 6.10 Å². The van der Waals surface area contributed by atoms with Gasteiger partial charge in [-0.2, -0.15) is 0 Å². The number of nitrogens with zero attached hydrogens (tertiary/aromatic N) is 1. The number of hydrogen-bond acceptors (Lipinski definition) is 3. The van der Waals surface area contributed by atoms with Crippen molar-refractivity contribution in [2.45, 2.75) is 13.0 Å². The van der Waals surface area contributed by atoms with Crippen LogP contribution in [0.3, 0.4) is 0 Å². The molecule has 2 aromatic carbocycles. The Bertz CT molecular complexity index is 715. The van der Waals surface area contributed by atoms with Gasteiger partial charge in [0, 0.05) is 11.6 Å². The average molecular weight is 265 g/mol. The van der Waals surface area contributed by atoms with E-state index >= 15 is 0 Å². The minimum Gasteiger partial charge on any atom is -0.455 e. The van der Waals surface area contributed by atoms with Gasteiger partial charge in [-0.05, 0) is 36.8 Å². The van der Waals surface area contributed by atoms with E-state index in [4.69, 9.17) is 4.74 Å². The van der Waals surface area contributed by atoms with E-state index in [9.17, 15) is 5.11 Å². The Morgan fingerprint density at radius 2 is 1.75 bits per heavy atom. The Morgan fingerprint density at radius 3 is 2.50 bits per heavy atom. The SMILES string of the molecule is CC(O)c1ccc(Oc2cccc3cccnc23)cc1. The molecule has 3 aromatic rings. The van der Waals surface area contributed by atoms with Crippen molar-refractivity contribution in [2.75, 3.05) is 0 Å². The number of aromatic nitrogens is 1. The normalized spacial score (nSPS) is 12.3. The molecule has 0 amide bonds. The Labute approximate surface area is 117 Å². The first-order valence-corrected chi connectivity index (χ1v) is 6.54. The topological polar surface area (TPSA) is 42.4 Å². The summed E-state index contributed by atoms with van der Waals surface area (Å²) < 4.78 is 5.88. The maximum Gasteiger partial charge on any atom is 0.153 e. The minimum absolute atomic E-state index is 0.469. The third-order valence-electron chi connectivity index (χ3n) is 3.19. The zero-order valence-corrected chi connectivity index (χ0v) is 11.2. The Balaban J connectivity index is 1.93. The van der Waals surface area contributed by atoms with Crippen molar-refractivity contribution in [1.29, 1.82) is 0 Å². The summed E-state index contributed by atoms with van der Waals surface area (Å²) >= 11 is 0.